The van der Waals surface area contributed by atoms with Gasteiger partial charge in [0, 0.05) is 11.6 Å². The van der Waals surface area contributed by atoms with Crippen molar-refractivity contribution in [1.29, 1.82) is 0 Å². The lowest BCUT2D eigenvalue weighted by molar-refractivity contribution is -0.134. The molecule has 0 spiro atoms. The highest BCUT2D eigenvalue weighted by molar-refractivity contribution is 6.90. The average Bonchev–Trinajstić information content (AvgIpc) is 2.65. The van der Waals surface area contributed by atoms with Gasteiger partial charge >= 0.3 is 11.9 Å². The van der Waals surface area contributed by atoms with Crippen LogP contribution in [0, 0.1) is 11.5 Å². The number of carbonyl (C=O) groups excluding carboxylic acids is 2. The zero-order valence-corrected chi connectivity index (χ0v) is 19.0. The van der Waals surface area contributed by atoms with Gasteiger partial charge in [0.2, 0.25) is 0 Å². The van der Waals surface area contributed by atoms with Crippen molar-refractivity contribution in [3.8, 4) is 11.5 Å². The fourth-order valence-electron chi connectivity index (χ4n) is 3.74. The van der Waals surface area contributed by atoms with E-state index in [1.54, 1.807) is 24.3 Å². The van der Waals surface area contributed by atoms with Crippen LogP contribution >= 0.6 is 0 Å². The highest BCUT2D eigenvalue weighted by Gasteiger charge is 2.41. The molecule has 0 N–H and O–H groups in total. The Kier molecular flexibility index (Phi) is 9.21. The van der Waals surface area contributed by atoms with Crippen molar-refractivity contribution in [2.24, 2.45) is 0 Å². The van der Waals surface area contributed by atoms with Gasteiger partial charge in [-0.1, -0.05) is 65.7 Å². The molecule has 152 valence electrons. The normalized spacial score (nSPS) is 12.0. The van der Waals surface area contributed by atoms with Crippen molar-refractivity contribution in [3.63, 3.8) is 0 Å². The van der Waals surface area contributed by atoms with E-state index >= 15 is 0 Å². The van der Waals surface area contributed by atoms with E-state index in [4.69, 9.17) is 9.47 Å². The van der Waals surface area contributed by atoms with Crippen molar-refractivity contribution < 1.29 is 19.1 Å². The fraction of sp³-hybridized carbons (Fsp3) is 0.478. The van der Waals surface area contributed by atoms with Gasteiger partial charge in [-0.15, -0.1) is 5.54 Å². The topological polar surface area (TPSA) is 52.6 Å². The minimum absolute atomic E-state index is 0.0609. The molecule has 0 aliphatic heterocycles. The lowest BCUT2D eigenvalue weighted by atomic mass is 10.2. The third-order valence-corrected chi connectivity index (χ3v) is 11.5. The molecule has 0 saturated carbocycles. The summed E-state index contributed by atoms with van der Waals surface area (Å²) in [4.78, 5) is 24.0. The summed E-state index contributed by atoms with van der Waals surface area (Å²) in [5.74, 6) is 2.22. The smallest absolute Gasteiger partial charge is 0.338 e. The van der Waals surface area contributed by atoms with E-state index in [1.165, 1.54) is 13.2 Å². The highest BCUT2D eigenvalue weighted by Crippen LogP contribution is 2.40. The van der Waals surface area contributed by atoms with Crippen molar-refractivity contribution >= 4 is 20.0 Å². The first-order valence-electron chi connectivity index (χ1n) is 9.69. The maximum Gasteiger partial charge on any atom is 0.338 e. The molecule has 0 aromatic heterocycles. The van der Waals surface area contributed by atoms with Crippen LogP contribution in [0.15, 0.2) is 42.0 Å². The molecule has 0 atom stereocenters. The van der Waals surface area contributed by atoms with E-state index in [1.807, 2.05) is 6.07 Å². The van der Waals surface area contributed by atoms with Gasteiger partial charge in [0.15, 0.2) is 0 Å². The maximum atomic E-state index is 12.2. The van der Waals surface area contributed by atoms with E-state index in [-0.39, 0.29) is 6.61 Å². The number of rotatable bonds is 7. The van der Waals surface area contributed by atoms with Crippen molar-refractivity contribution in [2.45, 2.75) is 58.2 Å². The summed E-state index contributed by atoms with van der Waals surface area (Å²) in [6.07, 6.45) is 1.31. The van der Waals surface area contributed by atoms with Crippen LogP contribution in [0.3, 0.4) is 0 Å². The Morgan fingerprint density at radius 3 is 2.00 bits per heavy atom. The van der Waals surface area contributed by atoms with Crippen molar-refractivity contribution in [3.05, 3.63) is 47.5 Å². The molecule has 0 fully saturated rings. The number of hydrogen-bond acceptors (Lipinski definition) is 4. The molecule has 0 aliphatic carbocycles. The number of hydrogen-bond donors (Lipinski definition) is 0. The second-order valence-corrected chi connectivity index (χ2v) is 13.4. The third kappa shape index (κ3) is 6.10. The quantitative estimate of drug-likeness (QED) is 0.274. The number of esters is 2. The van der Waals surface area contributed by atoms with Gasteiger partial charge in [0.05, 0.1) is 12.7 Å². The van der Waals surface area contributed by atoms with E-state index in [0.717, 1.165) is 0 Å². The van der Waals surface area contributed by atoms with E-state index in [9.17, 15) is 9.59 Å². The fourth-order valence-corrected chi connectivity index (χ4v) is 8.98. The zero-order valence-electron chi connectivity index (χ0n) is 18.0. The Hall–Kier alpha value is -2.32. The second-order valence-electron chi connectivity index (χ2n) is 7.78. The highest BCUT2D eigenvalue weighted by atomic mass is 28.3. The molecule has 5 heteroatoms. The Balaban J connectivity index is 3.16. The van der Waals surface area contributed by atoms with Crippen LogP contribution in [-0.2, 0) is 14.3 Å². The summed E-state index contributed by atoms with van der Waals surface area (Å²) >= 11 is 0. The first-order chi connectivity index (χ1) is 13.1. The predicted octanol–water partition coefficient (Wildman–Crippen LogP) is 5.16. The number of methoxy groups -OCH3 is 1. The summed E-state index contributed by atoms with van der Waals surface area (Å²) in [6, 6.07) is 8.75. The maximum absolute atomic E-state index is 12.2. The van der Waals surface area contributed by atoms with E-state index < -0.39 is 20.0 Å². The average molecular weight is 401 g/mol. The Bertz CT molecular complexity index is 730. The van der Waals surface area contributed by atoms with Crippen LogP contribution in [0.2, 0.25) is 16.6 Å². The van der Waals surface area contributed by atoms with Gasteiger partial charge in [0.1, 0.15) is 14.7 Å². The second kappa shape index (κ2) is 10.9. The van der Waals surface area contributed by atoms with Crippen LogP contribution in [0.4, 0.5) is 0 Å². The first kappa shape index (κ1) is 23.7. The van der Waals surface area contributed by atoms with Gasteiger partial charge in [-0.3, -0.25) is 0 Å². The minimum atomic E-state index is -1.97. The molecule has 1 rings (SSSR count). The lowest BCUT2D eigenvalue weighted by Crippen LogP contribution is -2.43. The Morgan fingerprint density at radius 2 is 1.54 bits per heavy atom. The molecule has 28 heavy (non-hydrogen) atoms. The molecule has 0 aliphatic rings. The van der Waals surface area contributed by atoms with Crippen molar-refractivity contribution in [2.75, 3.05) is 13.7 Å². The first-order valence-corrected chi connectivity index (χ1v) is 11.9. The summed E-state index contributed by atoms with van der Waals surface area (Å²) in [7, 11) is -0.652. The predicted molar refractivity (Wildman–Crippen MR) is 116 cm³/mol. The Morgan fingerprint density at radius 1 is 1.00 bits per heavy atom. The SMILES string of the molecule is COC(=O)/C=C(\C#C[Si](C(C)C)(C(C)C)C(C)C)COC(=O)c1ccccc1. The van der Waals surface area contributed by atoms with Crippen LogP contribution in [0.1, 0.15) is 51.9 Å². The molecule has 4 nitrogen and oxygen atoms in total. The summed E-state index contributed by atoms with van der Waals surface area (Å²) < 4.78 is 10.1. The third-order valence-electron chi connectivity index (χ3n) is 5.17. The molecular formula is C23H32O4Si. The molecular weight excluding hydrogens is 368 g/mol. The zero-order chi connectivity index (χ0) is 21.3. The lowest BCUT2D eigenvalue weighted by Gasteiger charge is -2.38. The molecule has 0 unspecified atom stereocenters. The Labute approximate surface area is 170 Å². The molecule has 0 saturated heterocycles. The van der Waals surface area contributed by atoms with Gasteiger partial charge in [-0.2, -0.15) is 0 Å². The van der Waals surface area contributed by atoms with Gasteiger partial charge in [-0.25, -0.2) is 9.59 Å². The molecule has 1 aromatic carbocycles. The monoisotopic (exact) mass is 400 g/mol. The minimum Gasteiger partial charge on any atom is -0.466 e. The molecule has 0 heterocycles. The molecule has 0 amide bonds. The molecule has 1 aromatic rings. The van der Waals surface area contributed by atoms with Crippen LogP contribution < -0.4 is 0 Å². The van der Waals surface area contributed by atoms with E-state index in [2.05, 4.69) is 53.0 Å². The summed E-state index contributed by atoms with van der Waals surface area (Å²) in [6.45, 7) is 13.3. The number of ether oxygens (including phenoxy) is 2. The summed E-state index contributed by atoms with van der Waals surface area (Å²) in [5.41, 5.74) is 5.85. The van der Waals surface area contributed by atoms with Crippen LogP contribution in [0.25, 0.3) is 0 Å². The standard InChI is InChI=1S/C23H32O4Si/c1-17(2)28(18(3)4,19(5)6)14-13-20(15-22(24)26-7)16-27-23(25)21-11-9-8-10-12-21/h8-12,15,17-19H,16H2,1-7H3/b20-15+. The van der Waals surface area contributed by atoms with Gasteiger partial charge < -0.3 is 9.47 Å². The number of benzene rings is 1. The van der Waals surface area contributed by atoms with Crippen LogP contribution in [-0.4, -0.2) is 33.7 Å². The van der Waals surface area contributed by atoms with Crippen molar-refractivity contribution in [1.82, 2.24) is 0 Å². The van der Waals surface area contributed by atoms with Gasteiger partial charge in [0.25, 0.3) is 0 Å². The van der Waals surface area contributed by atoms with Gasteiger partial charge in [-0.05, 0) is 28.8 Å². The molecule has 0 radical (unpaired) electrons. The van der Waals surface area contributed by atoms with E-state index in [0.29, 0.717) is 27.8 Å². The number of carbonyl (C=O) groups is 2. The van der Waals surface area contributed by atoms with Crippen LogP contribution in [0.5, 0.6) is 0 Å². The molecule has 0 bridgehead atoms. The summed E-state index contributed by atoms with van der Waals surface area (Å²) in [5, 5.41) is 0. The largest absolute Gasteiger partial charge is 0.466 e.